The fourth-order valence-corrected chi connectivity index (χ4v) is 2.59. The molecule has 1 unspecified atom stereocenters. The fraction of sp³-hybridized carbons (Fsp3) is 0.625. The van der Waals surface area contributed by atoms with Crippen LogP contribution in [0.3, 0.4) is 0 Å². The lowest BCUT2D eigenvalue weighted by Crippen LogP contribution is -2.07. The maximum Gasteiger partial charge on any atom is 0.167 e. The predicted molar refractivity (Wildman–Crippen MR) is 82.0 cm³/mol. The Morgan fingerprint density at radius 2 is 2.22 bits per heavy atom. The van der Waals surface area contributed by atoms with Crippen LogP contribution in [0, 0.1) is 5.92 Å². The number of rotatable bonds is 9. The van der Waals surface area contributed by atoms with Gasteiger partial charge < -0.3 is 0 Å². The summed E-state index contributed by atoms with van der Waals surface area (Å²) in [5, 5.41) is 0. The zero-order chi connectivity index (χ0) is 13.4. The van der Waals surface area contributed by atoms with Gasteiger partial charge >= 0.3 is 0 Å². The molecule has 0 aromatic heterocycles. The van der Waals surface area contributed by atoms with Crippen LogP contribution >= 0.6 is 12.2 Å². The highest BCUT2D eigenvalue weighted by molar-refractivity contribution is 7.80. The van der Waals surface area contributed by atoms with Crippen LogP contribution in [0.5, 0.6) is 0 Å². The van der Waals surface area contributed by atoms with Crippen molar-refractivity contribution in [3.63, 3.8) is 0 Å². The molecule has 0 N–H and O–H groups in total. The predicted octanol–water partition coefficient (Wildman–Crippen LogP) is 4.81. The number of carbonyl (C=O) groups excluding carboxylic acids is 1. The Kier molecular flexibility index (Phi) is 7.11. The molecular formula is C16H24OS. The summed E-state index contributed by atoms with van der Waals surface area (Å²) >= 11 is 5.31. The van der Waals surface area contributed by atoms with Crippen LogP contribution in [0.2, 0.25) is 0 Å². The average molecular weight is 264 g/mol. The Morgan fingerprint density at radius 1 is 1.44 bits per heavy atom. The molecule has 2 heteroatoms. The molecule has 0 amide bonds. The molecule has 1 aliphatic carbocycles. The molecular weight excluding hydrogens is 240 g/mol. The minimum Gasteiger partial charge on any atom is -0.294 e. The molecule has 1 nitrogen and oxygen atoms in total. The highest BCUT2D eigenvalue weighted by atomic mass is 32.1. The topological polar surface area (TPSA) is 17.1 Å². The van der Waals surface area contributed by atoms with Crippen LogP contribution in [-0.2, 0) is 4.79 Å². The number of ketones is 1. The van der Waals surface area contributed by atoms with Crippen molar-refractivity contribution in [1.82, 2.24) is 0 Å². The van der Waals surface area contributed by atoms with E-state index in [-0.39, 0.29) is 5.78 Å². The second-order valence-electron chi connectivity index (χ2n) is 5.22. The first-order chi connectivity index (χ1) is 8.63. The number of hydrogen-bond donors (Lipinski definition) is 0. The van der Waals surface area contributed by atoms with Gasteiger partial charge in [-0.1, -0.05) is 63.6 Å². The lowest BCUT2D eigenvalue weighted by molar-refractivity contribution is -0.114. The van der Waals surface area contributed by atoms with Crippen molar-refractivity contribution in [2.24, 2.45) is 5.92 Å². The fourth-order valence-electron chi connectivity index (χ4n) is 2.32. The Morgan fingerprint density at radius 3 is 2.83 bits per heavy atom. The number of carbonyl (C=O) groups is 1. The van der Waals surface area contributed by atoms with Crippen molar-refractivity contribution >= 4 is 22.9 Å². The maximum absolute atomic E-state index is 11.8. The molecule has 0 aliphatic heterocycles. The Labute approximate surface area is 116 Å². The summed E-state index contributed by atoms with van der Waals surface area (Å²) in [7, 11) is 0. The Bertz CT molecular complexity index is 352. The second kappa shape index (κ2) is 8.36. The number of thiocarbonyl (C=S) groups is 1. The van der Waals surface area contributed by atoms with Gasteiger partial charge in [0, 0.05) is 16.9 Å². The summed E-state index contributed by atoms with van der Waals surface area (Å²) in [6.45, 7) is 4.52. The second-order valence-corrected chi connectivity index (χ2v) is 5.80. The van der Waals surface area contributed by atoms with Crippen molar-refractivity contribution in [1.29, 1.82) is 0 Å². The summed E-state index contributed by atoms with van der Waals surface area (Å²) in [4.78, 5) is 12.8. The molecule has 1 rings (SSSR count). The van der Waals surface area contributed by atoms with Crippen molar-refractivity contribution < 1.29 is 4.79 Å². The molecule has 0 aromatic carbocycles. The number of hydrogen-bond acceptors (Lipinski definition) is 2. The average Bonchev–Trinajstić information content (AvgIpc) is 2.82. The van der Waals surface area contributed by atoms with E-state index in [0.29, 0.717) is 6.42 Å². The summed E-state index contributed by atoms with van der Waals surface area (Å²) in [5.41, 5.74) is 0.844. The van der Waals surface area contributed by atoms with Crippen molar-refractivity contribution in [3.05, 3.63) is 23.8 Å². The molecule has 0 saturated heterocycles. The maximum atomic E-state index is 11.8. The van der Waals surface area contributed by atoms with Crippen LogP contribution < -0.4 is 0 Å². The van der Waals surface area contributed by atoms with Gasteiger partial charge in [0.25, 0.3) is 0 Å². The highest BCUT2D eigenvalue weighted by Crippen LogP contribution is 2.16. The third-order valence-electron chi connectivity index (χ3n) is 3.38. The van der Waals surface area contributed by atoms with Gasteiger partial charge in [0.15, 0.2) is 5.78 Å². The van der Waals surface area contributed by atoms with E-state index in [1.807, 2.05) is 18.2 Å². The van der Waals surface area contributed by atoms with E-state index in [1.165, 1.54) is 19.3 Å². The Balaban J connectivity index is 2.17. The van der Waals surface area contributed by atoms with Gasteiger partial charge in [-0.3, -0.25) is 4.79 Å². The molecule has 0 aromatic rings. The van der Waals surface area contributed by atoms with Gasteiger partial charge in [0.2, 0.25) is 0 Å². The third kappa shape index (κ3) is 5.72. The zero-order valence-corrected chi connectivity index (χ0v) is 12.4. The molecule has 0 bridgehead atoms. The van der Waals surface area contributed by atoms with Crippen LogP contribution in [-0.4, -0.2) is 10.6 Å². The largest absolute Gasteiger partial charge is 0.294 e. The summed E-state index contributed by atoms with van der Waals surface area (Å²) in [5.74, 6) is 0.976. The molecule has 0 radical (unpaired) electrons. The van der Waals surface area contributed by atoms with Crippen LogP contribution in [0.15, 0.2) is 23.8 Å². The standard InChI is InChI=1S/C16H24OS/c1-3-7-13(2)8-6-11-15(18)12-16(17)14-9-4-5-10-14/h4,9-10,13H,3,5-8,11-12H2,1-2H3. The van der Waals surface area contributed by atoms with Crippen LogP contribution in [0.1, 0.15) is 58.8 Å². The van der Waals surface area contributed by atoms with Gasteiger partial charge in [-0.2, -0.15) is 0 Å². The molecule has 0 spiro atoms. The summed E-state index contributed by atoms with van der Waals surface area (Å²) < 4.78 is 0. The van der Waals surface area contributed by atoms with E-state index in [4.69, 9.17) is 12.2 Å². The van der Waals surface area contributed by atoms with Gasteiger partial charge in [0.05, 0.1) is 0 Å². The highest BCUT2D eigenvalue weighted by Gasteiger charge is 2.11. The van der Waals surface area contributed by atoms with E-state index in [1.54, 1.807) is 0 Å². The number of allylic oxidation sites excluding steroid dienone is 4. The quantitative estimate of drug-likeness (QED) is 0.556. The molecule has 0 fully saturated rings. The number of Topliss-reactive ketones (excluding diaryl/α,β-unsaturated/α-hetero) is 1. The first-order valence-corrected chi connectivity index (χ1v) is 7.46. The molecule has 1 atom stereocenters. The lowest BCUT2D eigenvalue weighted by atomic mass is 9.97. The zero-order valence-electron chi connectivity index (χ0n) is 11.6. The van der Waals surface area contributed by atoms with Gasteiger partial charge in [-0.25, -0.2) is 0 Å². The van der Waals surface area contributed by atoms with Gasteiger partial charge in [-0.15, -0.1) is 0 Å². The summed E-state index contributed by atoms with van der Waals surface area (Å²) in [6.07, 6.45) is 13.1. The van der Waals surface area contributed by atoms with E-state index in [0.717, 1.165) is 35.6 Å². The van der Waals surface area contributed by atoms with E-state index < -0.39 is 0 Å². The lowest BCUT2D eigenvalue weighted by Gasteiger charge is -2.09. The minimum absolute atomic E-state index is 0.190. The van der Waals surface area contributed by atoms with Crippen LogP contribution in [0.4, 0.5) is 0 Å². The normalized spacial score (nSPS) is 15.6. The monoisotopic (exact) mass is 264 g/mol. The first kappa shape index (κ1) is 15.3. The van der Waals surface area contributed by atoms with E-state index in [2.05, 4.69) is 13.8 Å². The molecule has 1 aliphatic rings. The Hall–Kier alpha value is -0.760. The minimum atomic E-state index is 0.190. The molecule has 0 saturated carbocycles. The molecule has 100 valence electrons. The molecule has 18 heavy (non-hydrogen) atoms. The van der Waals surface area contributed by atoms with E-state index in [9.17, 15) is 4.79 Å². The first-order valence-electron chi connectivity index (χ1n) is 7.05. The SMILES string of the molecule is CCCC(C)CCCC(=S)CC(=O)C1=CCC=C1. The van der Waals surface area contributed by atoms with Gasteiger partial charge in [0.1, 0.15) is 0 Å². The van der Waals surface area contributed by atoms with E-state index >= 15 is 0 Å². The van der Waals surface area contributed by atoms with Crippen molar-refractivity contribution in [3.8, 4) is 0 Å². The van der Waals surface area contributed by atoms with Crippen molar-refractivity contribution in [2.75, 3.05) is 0 Å². The smallest absolute Gasteiger partial charge is 0.167 e. The van der Waals surface area contributed by atoms with Crippen LogP contribution in [0.25, 0.3) is 0 Å². The third-order valence-corrected chi connectivity index (χ3v) is 3.73. The van der Waals surface area contributed by atoms with Crippen molar-refractivity contribution in [2.45, 2.75) is 58.8 Å². The summed E-state index contributed by atoms with van der Waals surface area (Å²) in [6, 6.07) is 0. The molecule has 0 heterocycles. The van der Waals surface area contributed by atoms with Gasteiger partial charge in [-0.05, 0) is 25.2 Å².